The normalized spacial score (nSPS) is 17.7. The molecule has 0 aromatic heterocycles. The Kier molecular flexibility index (Phi) is 7.31. The molecule has 3 aromatic rings. The van der Waals surface area contributed by atoms with Gasteiger partial charge in [-0.05, 0) is 58.8 Å². The molecule has 1 heterocycles. The van der Waals surface area contributed by atoms with Crippen molar-refractivity contribution in [1.82, 2.24) is 0 Å². The van der Waals surface area contributed by atoms with E-state index in [-0.39, 0.29) is 16.7 Å². The standard InChI is InChI=1S/C29H36N2O3Si/c1-20(2)35(21(3)4,26-16-14-25(34-5)15-17-26)19-23-18-29(30-28-9-7-6-8-27(23)28)22-10-12-24(13-11-22)31(32)33/h6-17,20-21,23,29-30H,18-19H2,1-5H3/t23-,29+/m0/s1. The summed E-state index contributed by atoms with van der Waals surface area (Å²) in [5.41, 5.74) is 4.95. The van der Waals surface area contributed by atoms with Gasteiger partial charge in [0, 0.05) is 17.8 Å². The Morgan fingerprint density at radius 3 is 2.17 bits per heavy atom. The molecule has 0 amide bonds. The summed E-state index contributed by atoms with van der Waals surface area (Å²) >= 11 is 0. The second-order valence-corrected chi connectivity index (χ2v) is 15.7. The quantitative estimate of drug-likeness (QED) is 0.203. The molecule has 0 bridgehead atoms. The summed E-state index contributed by atoms with van der Waals surface area (Å²) in [6.45, 7) is 9.60. The molecule has 2 atom stereocenters. The van der Waals surface area contributed by atoms with Crippen molar-refractivity contribution in [2.24, 2.45) is 0 Å². The van der Waals surface area contributed by atoms with Crippen molar-refractivity contribution >= 4 is 24.6 Å². The van der Waals surface area contributed by atoms with Crippen LogP contribution in [0.15, 0.2) is 72.8 Å². The third-order valence-electron chi connectivity index (χ3n) is 8.03. The summed E-state index contributed by atoms with van der Waals surface area (Å²) in [6.07, 6.45) is 0.971. The van der Waals surface area contributed by atoms with Crippen molar-refractivity contribution in [1.29, 1.82) is 0 Å². The van der Waals surface area contributed by atoms with E-state index in [1.807, 2.05) is 12.1 Å². The molecule has 0 spiro atoms. The number of nitrogens with one attached hydrogen (secondary N) is 1. The first-order chi connectivity index (χ1) is 16.8. The van der Waals surface area contributed by atoms with Crippen LogP contribution in [0.25, 0.3) is 0 Å². The number of rotatable bonds is 8. The number of anilines is 1. The van der Waals surface area contributed by atoms with Crippen LogP contribution in [0.4, 0.5) is 11.4 Å². The van der Waals surface area contributed by atoms with E-state index in [1.54, 1.807) is 19.2 Å². The number of nitro benzene ring substituents is 1. The van der Waals surface area contributed by atoms with Crippen molar-refractivity contribution in [3.63, 3.8) is 0 Å². The smallest absolute Gasteiger partial charge is 0.269 e. The monoisotopic (exact) mass is 488 g/mol. The maximum atomic E-state index is 11.2. The van der Waals surface area contributed by atoms with Gasteiger partial charge in [0.05, 0.1) is 26.1 Å². The minimum absolute atomic E-state index is 0.123. The highest BCUT2D eigenvalue weighted by Gasteiger charge is 2.44. The van der Waals surface area contributed by atoms with Gasteiger partial charge in [0.1, 0.15) is 5.75 Å². The molecule has 5 nitrogen and oxygen atoms in total. The number of hydrogen-bond acceptors (Lipinski definition) is 4. The number of benzene rings is 3. The number of para-hydroxylation sites is 1. The zero-order chi connectivity index (χ0) is 25.2. The van der Waals surface area contributed by atoms with Crippen LogP contribution in [0.1, 0.15) is 57.2 Å². The fourth-order valence-corrected chi connectivity index (χ4v) is 11.9. The minimum atomic E-state index is -1.94. The van der Waals surface area contributed by atoms with Crippen molar-refractivity contribution < 1.29 is 9.66 Å². The second-order valence-electron chi connectivity index (χ2n) is 10.3. The van der Waals surface area contributed by atoms with Crippen molar-refractivity contribution in [3.05, 3.63) is 94.0 Å². The maximum absolute atomic E-state index is 11.2. The van der Waals surface area contributed by atoms with Crippen molar-refractivity contribution in [2.75, 3.05) is 12.4 Å². The van der Waals surface area contributed by atoms with Gasteiger partial charge >= 0.3 is 0 Å². The molecule has 0 saturated carbocycles. The van der Waals surface area contributed by atoms with Crippen LogP contribution in [-0.4, -0.2) is 20.1 Å². The summed E-state index contributed by atoms with van der Waals surface area (Å²) in [7, 11) is -0.228. The summed E-state index contributed by atoms with van der Waals surface area (Å²) < 4.78 is 5.45. The molecule has 0 radical (unpaired) electrons. The molecule has 0 aliphatic carbocycles. The summed E-state index contributed by atoms with van der Waals surface area (Å²) in [5, 5.41) is 16.4. The van der Waals surface area contributed by atoms with Gasteiger partial charge in [-0.25, -0.2) is 0 Å². The molecule has 1 aliphatic rings. The van der Waals surface area contributed by atoms with Crippen LogP contribution in [0.3, 0.4) is 0 Å². The van der Waals surface area contributed by atoms with Gasteiger partial charge in [0.25, 0.3) is 5.69 Å². The highest BCUT2D eigenvalue weighted by Crippen LogP contribution is 2.48. The van der Waals surface area contributed by atoms with E-state index in [4.69, 9.17) is 4.74 Å². The van der Waals surface area contributed by atoms with Crippen molar-refractivity contribution in [2.45, 2.75) is 63.2 Å². The Balaban J connectivity index is 1.74. The molecule has 4 rings (SSSR count). The molecular weight excluding hydrogens is 452 g/mol. The van der Waals surface area contributed by atoms with Crippen molar-refractivity contribution in [3.8, 4) is 5.75 Å². The van der Waals surface area contributed by atoms with Crippen LogP contribution < -0.4 is 15.2 Å². The second kappa shape index (κ2) is 10.2. The van der Waals surface area contributed by atoms with E-state index < -0.39 is 8.07 Å². The number of methoxy groups -OCH3 is 1. The van der Waals surface area contributed by atoms with Gasteiger partial charge in [-0.1, -0.05) is 75.3 Å². The molecule has 0 fully saturated rings. The average molecular weight is 489 g/mol. The fourth-order valence-electron chi connectivity index (χ4n) is 6.12. The highest BCUT2D eigenvalue weighted by molar-refractivity contribution is 6.94. The predicted octanol–water partition coefficient (Wildman–Crippen LogP) is 7.42. The number of non-ortho nitro benzene ring substituents is 1. The van der Waals surface area contributed by atoms with E-state index in [0.29, 0.717) is 17.0 Å². The summed E-state index contributed by atoms with van der Waals surface area (Å²) in [4.78, 5) is 10.8. The van der Waals surface area contributed by atoms with Gasteiger partial charge in [-0.3, -0.25) is 10.1 Å². The number of hydrogen-bond donors (Lipinski definition) is 1. The maximum Gasteiger partial charge on any atom is 0.269 e. The zero-order valence-electron chi connectivity index (χ0n) is 21.3. The molecule has 3 aromatic carbocycles. The first-order valence-electron chi connectivity index (χ1n) is 12.5. The predicted molar refractivity (Wildman–Crippen MR) is 147 cm³/mol. The Morgan fingerprint density at radius 1 is 0.971 bits per heavy atom. The SMILES string of the molecule is COc1ccc([Si](C[C@@H]2C[C@H](c3ccc([N+](=O)[O-])cc3)Nc3ccccc32)(C(C)C)C(C)C)cc1. The summed E-state index contributed by atoms with van der Waals surface area (Å²) in [6, 6.07) is 25.8. The molecule has 0 unspecified atom stereocenters. The lowest BCUT2D eigenvalue weighted by Crippen LogP contribution is -2.54. The lowest BCUT2D eigenvalue weighted by molar-refractivity contribution is -0.384. The Hall–Kier alpha value is -3.12. The topological polar surface area (TPSA) is 64.4 Å². The Morgan fingerprint density at radius 2 is 1.60 bits per heavy atom. The Bertz CT molecular complexity index is 1150. The molecule has 35 heavy (non-hydrogen) atoms. The van der Waals surface area contributed by atoms with Crippen LogP contribution in [0.5, 0.6) is 5.75 Å². The number of ether oxygens (including phenoxy) is 1. The molecule has 1 N–H and O–H groups in total. The van der Waals surface area contributed by atoms with Crippen LogP contribution in [0.2, 0.25) is 17.1 Å². The first-order valence-corrected chi connectivity index (χ1v) is 14.9. The van der Waals surface area contributed by atoms with E-state index in [9.17, 15) is 10.1 Å². The zero-order valence-corrected chi connectivity index (χ0v) is 22.3. The van der Waals surface area contributed by atoms with Crippen LogP contribution in [0, 0.1) is 10.1 Å². The summed E-state index contributed by atoms with van der Waals surface area (Å²) in [5.74, 6) is 1.31. The van der Waals surface area contributed by atoms with Gasteiger partial charge in [-0.2, -0.15) is 0 Å². The Labute approximate surface area is 209 Å². The average Bonchev–Trinajstić information content (AvgIpc) is 2.86. The van der Waals surface area contributed by atoms with Gasteiger partial charge in [0.15, 0.2) is 0 Å². The van der Waals surface area contributed by atoms with Gasteiger partial charge in [-0.15, -0.1) is 0 Å². The number of nitrogens with zero attached hydrogens (tertiary/aromatic N) is 1. The molecule has 0 saturated heterocycles. The van der Waals surface area contributed by atoms with E-state index in [2.05, 4.69) is 81.5 Å². The molecule has 184 valence electrons. The fraction of sp³-hybridized carbons (Fsp3) is 0.379. The molecule has 6 heteroatoms. The van der Waals surface area contributed by atoms with E-state index in [0.717, 1.165) is 23.8 Å². The van der Waals surface area contributed by atoms with Gasteiger partial charge < -0.3 is 10.1 Å². The van der Waals surface area contributed by atoms with E-state index >= 15 is 0 Å². The third kappa shape index (κ3) is 4.85. The third-order valence-corrected chi connectivity index (χ3v) is 14.7. The lowest BCUT2D eigenvalue weighted by atomic mass is 9.85. The van der Waals surface area contributed by atoms with Crippen LogP contribution >= 0.6 is 0 Å². The number of nitro groups is 1. The van der Waals surface area contributed by atoms with Gasteiger partial charge in [0.2, 0.25) is 0 Å². The van der Waals surface area contributed by atoms with E-state index in [1.165, 1.54) is 16.4 Å². The highest BCUT2D eigenvalue weighted by atomic mass is 28.3. The van der Waals surface area contributed by atoms with Crippen LogP contribution in [-0.2, 0) is 0 Å². The minimum Gasteiger partial charge on any atom is -0.497 e. The first kappa shape index (κ1) is 25.0. The number of fused-ring (bicyclic) bond motifs is 1. The lowest BCUT2D eigenvalue weighted by Gasteiger charge is -2.45. The largest absolute Gasteiger partial charge is 0.497 e. The molecular formula is C29H36N2O3Si. The molecule has 1 aliphatic heterocycles.